The van der Waals surface area contributed by atoms with Crippen LogP contribution in [0.5, 0.6) is 0 Å². The number of nitrogens with zero attached hydrogens (tertiary/aromatic N) is 2. The van der Waals surface area contributed by atoms with E-state index in [1.54, 1.807) is 31.7 Å². The quantitative estimate of drug-likeness (QED) is 0.474. The zero-order valence-corrected chi connectivity index (χ0v) is 15.9. The van der Waals surface area contributed by atoms with E-state index in [0.29, 0.717) is 24.2 Å². The maximum atomic E-state index is 12.0. The number of halogens is 1. The minimum absolute atomic E-state index is 0.0283. The van der Waals surface area contributed by atoms with Crippen molar-refractivity contribution in [2.24, 2.45) is 0 Å². The zero-order chi connectivity index (χ0) is 19.6. The number of nitro groups is 1. The Labute approximate surface area is 156 Å². The Kier molecular flexibility index (Phi) is 6.10. The average molecular weight is 387 g/mol. The van der Waals surface area contributed by atoms with E-state index in [-0.39, 0.29) is 23.0 Å². The lowest BCUT2D eigenvalue weighted by atomic mass is 9.89. The molecule has 0 radical (unpaired) electrons. The maximum Gasteiger partial charge on any atom is 0.410 e. The molecular weight excluding hydrogens is 364 g/mol. The van der Waals surface area contributed by atoms with E-state index in [1.807, 2.05) is 0 Å². The van der Waals surface area contributed by atoms with Crippen molar-refractivity contribution >= 4 is 23.4 Å². The summed E-state index contributed by atoms with van der Waals surface area (Å²) in [4.78, 5) is 24.3. The number of benzene rings is 1. The number of carbonyl (C=O) groups excluding carboxylic acids is 1. The number of hydrogen-bond donors (Lipinski definition) is 1. The number of ether oxygens (including phenoxy) is 2. The molecule has 1 N–H and O–H groups in total. The molecule has 0 spiro atoms. The second kappa shape index (κ2) is 7.77. The van der Waals surface area contributed by atoms with Crippen molar-refractivity contribution in [3.05, 3.63) is 38.4 Å². The van der Waals surface area contributed by atoms with E-state index < -0.39 is 22.9 Å². The van der Waals surface area contributed by atoms with Gasteiger partial charge in [0.1, 0.15) is 5.60 Å². The molecule has 1 saturated heterocycles. The highest BCUT2D eigenvalue weighted by molar-refractivity contribution is 6.31. The van der Waals surface area contributed by atoms with Crippen molar-refractivity contribution in [1.29, 1.82) is 0 Å². The summed E-state index contributed by atoms with van der Waals surface area (Å²) >= 11 is 6.22. The van der Waals surface area contributed by atoms with Gasteiger partial charge in [-0.3, -0.25) is 10.1 Å². The van der Waals surface area contributed by atoms with Crippen LogP contribution in [0.3, 0.4) is 0 Å². The number of aliphatic hydroxyl groups is 1. The molecule has 2 rings (SSSR count). The smallest absolute Gasteiger partial charge is 0.410 e. The van der Waals surface area contributed by atoms with Crippen LogP contribution < -0.4 is 0 Å². The molecule has 0 bridgehead atoms. The predicted molar refractivity (Wildman–Crippen MR) is 95.4 cm³/mol. The van der Waals surface area contributed by atoms with Gasteiger partial charge in [0.2, 0.25) is 0 Å². The summed E-state index contributed by atoms with van der Waals surface area (Å²) in [5.41, 5.74) is 0.296. The summed E-state index contributed by atoms with van der Waals surface area (Å²) in [5, 5.41) is 21.2. The van der Waals surface area contributed by atoms with Crippen molar-refractivity contribution in [3.8, 4) is 0 Å². The van der Waals surface area contributed by atoms with Gasteiger partial charge in [-0.05, 0) is 32.4 Å². The third-order valence-electron chi connectivity index (χ3n) is 4.03. The number of likely N-dealkylation sites (tertiary alicyclic amines) is 1. The minimum atomic E-state index is -1.15. The van der Waals surface area contributed by atoms with Gasteiger partial charge in [0, 0.05) is 44.2 Å². The standard InChI is InChI=1S/C17H23ClN2O6/c1-17(2,3)26-16(22)19-8-11(9-19)12-5-10(6-15(21)25-4)14(20(23)24)7-13(12)18/h5,7,11,15,21H,6,8-9H2,1-4H3. The number of amides is 1. The van der Waals surface area contributed by atoms with E-state index in [0.717, 1.165) is 0 Å². The molecular formula is C17H23ClN2O6. The highest BCUT2D eigenvalue weighted by Crippen LogP contribution is 2.37. The number of carbonyl (C=O) groups is 1. The molecule has 1 atom stereocenters. The van der Waals surface area contributed by atoms with E-state index in [2.05, 4.69) is 0 Å². The molecule has 8 nitrogen and oxygen atoms in total. The topological polar surface area (TPSA) is 102 Å². The molecule has 144 valence electrons. The Bertz CT molecular complexity index is 697. The molecule has 1 aliphatic rings. The molecule has 1 aliphatic heterocycles. The lowest BCUT2D eigenvalue weighted by molar-refractivity contribution is -0.385. The second-order valence-electron chi connectivity index (χ2n) is 7.24. The second-order valence-corrected chi connectivity index (χ2v) is 7.64. The molecule has 1 heterocycles. The van der Waals surface area contributed by atoms with E-state index in [1.165, 1.54) is 13.2 Å². The normalized spacial score (nSPS) is 16.2. The van der Waals surface area contributed by atoms with Crippen LogP contribution in [0.25, 0.3) is 0 Å². The van der Waals surface area contributed by atoms with Crippen LogP contribution in [-0.2, 0) is 15.9 Å². The van der Waals surface area contributed by atoms with Gasteiger partial charge in [-0.2, -0.15) is 0 Å². The summed E-state index contributed by atoms with van der Waals surface area (Å²) in [7, 11) is 1.32. The fraction of sp³-hybridized carbons (Fsp3) is 0.588. The van der Waals surface area contributed by atoms with E-state index in [9.17, 15) is 20.0 Å². The summed E-state index contributed by atoms with van der Waals surface area (Å²) in [6.07, 6.45) is -1.58. The van der Waals surface area contributed by atoms with Crippen molar-refractivity contribution in [1.82, 2.24) is 4.90 Å². The Balaban J connectivity index is 2.17. The van der Waals surface area contributed by atoms with Crippen molar-refractivity contribution in [2.45, 2.75) is 45.0 Å². The SMILES string of the molecule is COC(O)Cc1cc(C2CN(C(=O)OC(C)(C)C)C2)c(Cl)cc1[N+](=O)[O-]. The fourth-order valence-corrected chi connectivity index (χ4v) is 3.01. The highest BCUT2D eigenvalue weighted by atomic mass is 35.5. The van der Waals surface area contributed by atoms with Gasteiger partial charge in [0.05, 0.1) is 9.95 Å². The Morgan fingerprint density at radius 2 is 2.08 bits per heavy atom. The summed E-state index contributed by atoms with van der Waals surface area (Å²) < 4.78 is 10.1. The van der Waals surface area contributed by atoms with Gasteiger partial charge in [-0.25, -0.2) is 4.79 Å². The lowest BCUT2D eigenvalue weighted by Gasteiger charge is -2.40. The fourth-order valence-electron chi connectivity index (χ4n) is 2.70. The van der Waals surface area contributed by atoms with Gasteiger partial charge in [-0.1, -0.05) is 11.6 Å². The molecule has 0 aliphatic carbocycles. The van der Waals surface area contributed by atoms with E-state index >= 15 is 0 Å². The number of rotatable bonds is 5. The van der Waals surface area contributed by atoms with Gasteiger partial charge in [0.15, 0.2) is 6.29 Å². The van der Waals surface area contributed by atoms with Crippen molar-refractivity contribution in [2.75, 3.05) is 20.2 Å². The molecule has 1 aromatic carbocycles. The third kappa shape index (κ3) is 4.84. The molecule has 26 heavy (non-hydrogen) atoms. The number of methoxy groups -OCH3 is 1. The predicted octanol–water partition coefficient (Wildman–Crippen LogP) is 3.09. The molecule has 0 saturated carbocycles. The van der Waals surface area contributed by atoms with Crippen molar-refractivity contribution in [3.63, 3.8) is 0 Å². The van der Waals surface area contributed by atoms with Gasteiger partial charge < -0.3 is 19.5 Å². The minimum Gasteiger partial charge on any atom is -0.444 e. The first kappa shape index (κ1) is 20.4. The van der Waals surface area contributed by atoms with Crippen LogP contribution >= 0.6 is 11.6 Å². The van der Waals surface area contributed by atoms with Crippen LogP contribution in [-0.4, -0.2) is 53.1 Å². The van der Waals surface area contributed by atoms with Crippen LogP contribution in [0.2, 0.25) is 5.02 Å². The van der Waals surface area contributed by atoms with Crippen LogP contribution in [0.15, 0.2) is 12.1 Å². The molecule has 1 amide bonds. The first-order valence-corrected chi connectivity index (χ1v) is 8.55. The van der Waals surface area contributed by atoms with Crippen LogP contribution in [0, 0.1) is 10.1 Å². The molecule has 0 aromatic heterocycles. The largest absolute Gasteiger partial charge is 0.444 e. The molecule has 1 fully saturated rings. The monoisotopic (exact) mass is 386 g/mol. The Morgan fingerprint density at radius 3 is 2.58 bits per heavy atom. The zero-order valence-electron chi connectivity index (χ0n) is 15.2. The van der Waals surface area contributed by atoms with E-state index in [4.69, 9.17) is 21.1 Å². The van der Waals surface area contributed by atoms with Crippen LogP contribution in [0.1, 0.15) is 37.8 Å². The molecule has 1 aromatic rings. The first-order chi connectivity index (χ1) is 12.0. The van der Waals surface area contributed by atoms with Gasteiger partial charge in [-0.15, -0.1) is 0 Å². The third-order valence-corrected chi connectivity index (χ3v) is 4.36. The Hall–Kier alpha value is -1.90. The Morgan fingerprint density at radius 1 is 1.46 bits per heavy atom. The average Bonchev–Trinajstić information content (AvgIpc) is 2.46. The number of hydrogen-bond acceptors (Lipinski definition) is 6. The van der Waals surface area contributed by atoms with Crippen molar-refractivity contribution < 1.29 is 24.3 Å². The maximum absolute atomic E-state index is 12.0. The summed E-state index contributed by atoms with van der Waals surface area (Å²) in [6.45, 7) is 6.21. The highest BCUT2D eigenvalue weighted by Gasteiger charge is 2.36. The number of nitro benzene ring substituents is 1. The molecule has 9 heteroatoms. The summed E-state index contributed by atoms with van der Waals surface area (Å²) in [5.74, 6) is -0.0470. The lowest BCUT2D eigenvalue weighted by Crippen LogP contribution is -2.50. The first-order valence-electron chi connectivity index (χ1n) is 8.17. The van der Waals surface area contributed by atoms with Crippen LogP contribution in [0.4, 0.5) is 10.5 Å². The summed E-state index contributed by atoms with van der Waals surface area (Å²) in [6, 6.07) is 2.89. The molecule has 1 unspecified atom stereocenters. The van der Waals surface area contributed by atoms with Gasteiger partial charge >= 0.3 is 6.09 Å². The van der Waals surface area contributed by atoms with Gasteiger partial charge in [0.25, 0.3) is 5.69 Å². The number of aliphatic hydroxyl groups excluding tert-OH is 1.